The largest absolute Gasteiger partial charge is 0.339 e. The van der Waals surface area contributed by atoms with Crippen LogP contribution in [0.5, 0.6) is 0 Å². The number of hydrogen-bond donors (Lipinski definition) is 0. The molecule has 0 atom stereocenters. The van der Waals surface area contributed by atoms with Gasteiger partial charge in [-0.05, 0) is 24.6 Å². The van der Waals surface area contributed by atoms with Crippen molar-refractivity contribution >= 4 is 34.8 Å². The number of thiophene rings is 1. The van der Waals surface area contributed by atoms with Crippen molar-refractivity contribution in [2.75, 3.05) is 26.2 Å². The highest BCUT2D eigenvalue weighted by Crippen LogP contribution is 2.31. The molecule has 0 N–H and O–H groups in total. The fourth-order valence-corrected chi connectivity index (χ4v) is 3.93. The van der Waals surface area contributed by atoms with E-state index in [4.69, 9.17) is 11.6 Å². The highest BCUT2D eigenvalue weighted by Gasteiger charge is 2.26. The van der Waals surface area contributed by atoms with Gasteiger partial charge in [-0.3, -0.25) is 14.3 Å². The van der Waals surface area contributed by atoms with E-state index < -0.39 is 0 Å². The molecular weight excluding hydrogens is 360 g/mol. The van der Waals surface area contributed by atoms with Crippen LogP contribution in [0.25, 0.3) is 10.6 Å². The Morgan fingerprint density at radius 2 is 1.88 bits per heavy atom. The van der Waals surface area contributed by atoms with Crippen molar-refractivity contribution in [1.82, 2.24) is 19.6 Å². The quantitative estimate of drug-likeness (QED) is 0.819. The highest BCUT2D eigenvalue weighted by molar-refractivity contribution is 7.19. The SMILES string of the molecule is CCCn1nc(-c2ccc(Cl)s2)cc1C(=O)N1CCN(C(C)=O)CC1. The molecule has 2 amide bonds. The fourth-order valence-electron chi connectivity index (χ4n) is 2.93. The lowest BCUT2D eigenvalue weighted by atomic mass is 10.2. The maximum Gasteiger partial charge on any atom is 0.272 e. The monoisotopic (exact) mass is 380 g/mol. The van der Waals surface area contributed by atoms with E-state index in [1.807, 2.05) is 18.2 Å². The van der Waals surface area contributed by atoms with Crippen molar-refractivity contribution in [3.63, 3.8) is 0 Å². The van der Waals surface area contributed by atoms with E-state index in [2.05, 4.69) is 12.0 Å². The van der Waals surface area contributed by atoms with Crippen LogP contribution in [0.4, 0.5) is 0 Å². The molecule has 6 nitrogen and oxygen atoms in total. The van der Waals surface area contributed by atoms with Crippen LogP contribution in [0, 0.1) is 0 Å². The zero-order chi connectivity index (χ0) is 18.0. The third-order valence-corrected chi connectivity index (χ3v) is 5.53. The molecule has 8 heteroatoms. The van der Waals surface area contributed by atoms with E-state index >= 15 is 0 Å². The minimum absolute atomic E-state index is 0.0296. The summed E-state index contributed by atoms with van der Waals surface area (Å²) in [4.78, 5) is 28.9. The van der Waals surface area contributed by atoms with Crippen LogP contribution in [0.1, 0.15) is 30.8 Å². The average Bonchev–Trinajstić information content (AvgIpc) is 3.21. The topological polar surface area (TPSA) is 58.4 Å². The van der Waals surface area contributed by atoms with E-state index in [0.717, 1.165) is 17.0 Å². The number of piperazine rings is 1. The van der Waals surface area contributed by atoms with Crippen LogP contribution >= 0.6 is 22.9 Å². The van der Waals surface area contributed by atoms with E-state index in [-0.39, 0.29) is 11.8 Å². The summed E-state index contributed by atoms with van der Waals surface area (Å²) in [5, 5.41) is 4.60. The molecule has 0 aliphatic carbocycles. The highest BCUT2D eigenvalue weighted by atomic mass is 35.5. The zero-order valence-corrected chi connectivity index (χ0v) is 15.9. The number of rotatable bonds is 4. The lowest BCUT2D eigenvalue weighted by Crippen LogP contribution is -2.50. The third kappa shape index (κ3) is 3.88. The number of halogens is 1. The standard InChI is InChI=1S/C17H21ClN4O2S/c1-3-6-22-14(11-13(19-22)15-4-5-16(18)25-15)17(24)21-9-7-20(8-10-21)12(2)23/h4-5,11H,3,6-10H2,1-2H3. The zero-order valence-electron chi connectivity index (χ0n) is 14.4. The van der Waals surface area contributed by atoms with Gasteiger partial charge in [0, 0.05) is 39.6 Å². The van der Waals surface area contributed by atoms with Crippen LogP contribution in [0.2, 0.25) is 4.34 Å². The molecule has 2 aromatic rings. The molecular formula is C17H21ClN4O2S. The Labute approximate surface area is 156 Å². The number of carbonyl (C=O) groups excluding carboxylic acids is 2. The first-order valence-electron chi connectivity index (χ1n) is 8.38. The Kier molecular flexibility index (Phi) is 5.44. The maximum atomic E-state index is 13.0. The molecule has 0 radical (unpaired) electrons. The molecule has 0 bridgehead atoms. The molecule has 3 heterocycles. The number of aryl methyl sites for hydroxylation is 1. The molecule has 1 aliphatic heterocycles. The van der Waals surface area contributed by atoms with Crippen LogP contribution in [-0.4, -0.2) is 57.6 Å². The Hall–Kier alpha value is -1.86. The summed E-state index contributed by atoms with van der Waals surface area (Å²) in [6, 6.07) is 5.60. The fraction of sp³-hybridized carbons (Fsp3) is 0.471. The molecule has 0 saturated carbocycles. The van der Waals surface area contributed by atoms with Gasteiger partial charge in [-0.25, -0.2) is 0 Å². The van der Waals surface area contributed by atoms with Crippen LogP contribution in [0.15, 0.2) is 18.2 Å². The molecule has 1 fully saturated rings. The van der Waals surface area contributed by atoms with Gasteiger partial charge in [0.15, 0.2) is 0 Å². The van der Waals surface area contributed by atoms with Gasteiger partial charge in [-0.15, -0.1) is 11.3 Å². The molecule has 0 spiro atoms. The summed E-state index contributed by atoms with van der Waals surface area (Å²) in [5.74, 6) is 0.0260. The lowest BCUT2D eigenvalue weighted by Gasteiger charge is -2.34. The molecule has 25 heavy (non-hydrogen) atoms. The molecule has 1 aliphatic rings. The van der Waals surface area contributed by atoms with Gasteiger partial charge < -0.3 is 9.80 Å². The van der Waals surface area contributed by atoms with Gasteiger partial charge in [0.2, 0.25) is 5.91 Å². The van der Waals surface area contributed by atoms with Crippen molar-refractivity contribution in [1.29, 1.82) is 0 Å². The summed E-state index contributed by atoms with van der Waals surface area (Å²) < 4.78 is 2.48. The molecule has 3 rings (SSSR count). The predicted octanol–water partition coefficient (Wildman–Crippen LogP) is 2.98. The summed E-state index contributed by atoms with van der Waals surface area (Å²) in [7, 11) is 0. The van der Waals surface area contributed by atoms with E-state index in [0.29, 0.717) is 42.8 Å². The molecule has 134 valence electrons. The van der Waals surface area contributed by atoms with Crippen molar-refractivity contribution in [2.24, 2.45) is 0 Å². The smallest absolute Gasteiger partial charge is 0.272 e. The van der Waals surface area contributed by atoms with E-state index in [1.54, 1.807) is 21.4 Å². The van der Waals surface area contributed by atoms with Crippen LogP contribution < -0.4 is 0 Å². The van der Waals surface area contributed by atoms with Gasteiger partial charge >= 0.3 is 0 Å². The Bertz CT molecular complexity index is 777. The number of aromatic nitrogens is 2. The Morgan fingerprint density at radius 3 is 2.44 bits per heavy atom. The predicted molar refractivity (Wildman–Crippen MR) is 99.0 cm³/mol. The van der Waals surface area contributed by atoms with Gasteiger partial charge in [-0.2, -0.15) is 5.10 Å². The Balaban J connectivity index is 1.82. The van der Waals surface area contributed by atoms with Gasteiger partial charge in [-0.1, -0.05) is 18.5 Å². The van der Waals surface area contributed by atoms with Gasteiger partial charge in [0.1, 0.15) is 11.4 Å². The summed E-state index contributed by atoms with van der Waals surface area (Å²) >= 11 is 7.47. The first-order chi connectivity index (χ1) is 12.0. The van der Waals surface area contributed by atoms with Crippen molar-refractivity contribution in [3.05, 3.63) is 28.2 Å². The Morgan fingerprint density at radius 1 is 1.20 bits per heavy atom. The second kappa shape index (κ2) is 7.58. The molecule has 0 aromatic carbocycles. The first-order valence-corrected chi connectivity index (χ1v) is 9.57. The molecule has 2 aromatic heterocycles. The van der Waals surface area contributed by atoms with Crippen molar-refractivity contribution < 1.29 is 9.59 Å². The number of nitrogens with zero attached hydrogens (tertiary/aromatic N) is 4. The lowest BCUT2D eigenvalue weighted by molar-refractivity contribution is -0.130. The van der Waals surface area contributed by atoms with Crippen molar-refractivity contribution in [2.45, 2.75) is 26.8 Å². The number of hydrogen-bond acceptors (Lipinski definition) is 4. The summed E-state index contributed by atoms with van der Waals surface area (Å²) in [6.45, 7) is 6.57. The second-order valence-corrected chi connectivity index (χ2v) is 7.76. The van der Waals surface area contributed by atoms with Crippen LogP contribution in [0.3, 0.4) is 0 Å². The van der Waals surface area contributed by atoms with E-state index in [1.165, 1.54) is 11.3 Å². The second-order valence-electron chi connectivity index (χ2n) is 6.04. The molecule has 0 unspecified atom stereocenters. The average molecular weight is 381 g/mol. The minimum atomic E-state index is -0.0296. The summed E-state index contributed by atoms with van der Waals surface area (Å²) in [6.07, 6.45) is 0.894. The molecule has 1 saturated heterocycles. The maximum absolute atomic E-state index is 13.0. The van der Waals surface area contributed by atoms with Gasteiger partial charge in [0.25, 0.3) is 5.91 Å². The normalized spacial score (nSPS) is 14.8. The number of carbonyl (C=O) groups is 2. The first kappa shape index (κ1) is 17.9. The summed E-state index contributed by atoms with van der Waals surface area (Å²) in [5.41, 5.74) is 1.37. The van der Waals surface area contributed by atoms with Crippen molar-refractivity contribution in [3.8, 4) is 10.6 Å². The minimum Gasteiger partial charge on any atom is -0.339 e. The van der Waals surface area contributed by atoms with Gasteiger partial charge in [0.05, 0.1) is 9.21 Å². The van der Waals surface area contributed by atoms with Crippen LogP contribution in [-0.2, 0) is 11.3 Å². The third-order valence-electron chi connectivity index (χ3n) is 4.27. The van der Waals surface area contributed by atoms with E-state index in [9.17, 15) is 9.59 Å². The number of amides is 2.